The van der Waals surface area contributed by atoms with Gasteiger partial charge in [-0.2, -0.15) is 0 Å². The van der Waals surface area contributed by atoms with Crippen molar-refractivity contribution in [1.82, 2.24) is 0 Å². The fourth-order valence-electron chi connectivity index (χ4n) is 5.43. The molecule has 0 saturated heterocycles. The van der Waals surface area contributed by atoms with E-state index in [9.17, 15) is 0 Å². The summed E-state index contributed by atoms with van der Waals surface area (Å²) in [5, 5.41) is 5.93. The molecule has 0 N–H and O–H groups in total. The molecule has 0 atom stereocenters. The van der Waals surface area contributed by atoms with Crippen LogP contribution in [0.5, 0.6) is 0 Å². The van der Waals surface area contributed by atoms with Crippen LogP contribution in [-0.4, -0.2) is 8.07 Å². The van der Waals surface area contributed by atoms with Crippen LogP contribution in [0.1, 0.15) is 11.1 Å². The van der Waals surface area contributed by atoms with Crippen molar-refractivity contribution in [1.29, 1.82) is 0 Å². The number of rotatable bonds is 4. The van der Waals surface area contributed by atoms with Gasteiger partial charge in [-0.05, 0) is 49.4 Å². The zero-order chi connectivity index (χ0) is 21.4. The Kier molecular flexibility index (Phi) is 4.63. The van der Waals surface area contributed by atoms with Gasteiger partial charge in [-0.15, -0.1) is 0 Å². The SMILES string of the molecule is c1ccc(Cc2ccc3c(c2)[Si](c2ccccc2)(c2ccccc2)c2ccccc2-3)cc1. The first-order chi connectivity index (χ1) is 15.9. The smallest absolute Gasteiger partial charge is 0.0623 e. The standard InChI is InChI=1S/C31H24Si/c1-4-12-24(13-5-1)22-25-20-21-29-28-18-10-11-19-30(28)32(31(29)23-25,26-14-6-2-7-15-26)27-16-8-3-9-17-27/h1-21,23H,22H2. The predicted molar refractivity (Wildman–Crippen MR) is 138 cm³/mol. The Morgan fingerprint density at radius 2 is 0.938 bits per heavy atom. The van der Waals surface area contributed by atoms with Crippen LogP contribution in [0, 0.1) is 0 Å². The van der Waals surface area contributed by atoms with Gasteiger partial charge in [0, 0.05) is 0 Å². The highest BCUT2D eigenvalue weighted by molar-refractivity contribution is 7.22. The van der Waals surface area contributed by atoms with Crippen molar-refractivity contribution in [2.45, 2.75) is 6.42 Å². The molecule has 5 aromatic carbocycles. The van der Waals surface area contributed by atoms with E-state index in [-0.39, 0.29) is 0 Å². The molecule has 0 fully saturated rings. The van der Waals surface area contributed by atoms with Crippen LogP contribution in [0.15, 0.2) is 133 Å². The van der Waals surface area contributed by atoms with Crippen molar-refractivity contribution < 1.29 is 0 Å². The minimum absolute atomic E-state index is 0.957. The molecule has 1 heteroatoms. The average Bonchev–Trinajstić information content (AvgIpc) is 3.16. The third kappa shape index (κ3) is 2.90. The van der Waals surface area contributed by atoms with Gasteiger partial charge in [-0.3, -0.25) is 0 Å². The maximum absolute atomic E-state index is 2.51. The van der Waals surface area contributed by atoms with Gasteiger partial charge < -0.3 is 0 Å². The Morgan fingerprint density at radius 1 is 0.406 bits per heavy atom. The molecule has 0 spiro atoms. The van der Waals surface area contributed by atoms with E-state index in [1.54, 1.807) is 0 Å². The third-order valence-corrected chi connectivity index (χ3v) is 11.6. The van der Waals surface area contributed by atoms with Crippen molar-refractivity contribution >= 4 is 28.8 Å². The molecule has 5 aromatic rings. The Balaban J connectivity index is 1.65. The monoisotopic (exact) mass is 424 g/mol. The van der Waals surface area contributed by atoms with E-state index in [1.165, 1.54) is 43.0 Å². The Morgan fingerprint density at radius 3 is 1.59 bits per heavy atom. The van der Waals surface area contributed by atoms with Gasteiger partial charge in [0.25, 0.3) is 0 Å². The minimum atomic E-state index is -2.37. The number of hydrogen-bond donors (Lipinski definition) is 0. The van der Waals surface area contributed by atoms with E-state index < -0.39 is 8.07 Å². The molecule has 0 radical (unpaired) electrons. The maximum Gasteiger partial charge on any atom is 0.180 e. The summed E-state index contributed by atoms with van der Waals surface area (Å²) in [5.74, 6) is 0. The van der Waals surface area contributed by atoms with E-state index in [2.05, 4.69) is 133 Å². The third-order valence-electron chi connectivity index (χ3n) is 6.77. The van der Waals surface area contributed by atoms with Gasteiger partial charge in [0.05, 0.1) is 0 Å². The van der Waals surface area contributed by atoms with Gasteiger partial charge in [-0.25, -0.2) is 0 Å². The molecule has 0 saturated carbocycles. The van der Waals surface area contributed by atoms with Crippen LogP contribution < -0.4 is 20.7 Å². The van der Waals surface area contributed by atoms with E-state index >= 15 is 0 Å². The van der Waals surface area contributed by atoms with Crippen LogP contribution in [0.25, 0.3) is 11.1 Å². The highest BCUT2D eigenvalue weighted by Crippen LogP contribution is 2.29. The molecule has 0 aromatic heterocycles. The fourth-order valence-corrected chi connectivity index (χ4v) is 10.7. The van der Waals surface area contributed by atoms with Gasteiger partial charge in [0.1, 0.15) is 0 Å². The van der Waals surface area contributed by atoms with Gasteiger partial charge >= 0.3 is 0 Å². The zero-order valence-electron chi connectivity index (χ0n) is 17.9. The number of hydrogen-bond acceptors (Lipinski definition) is 0. The van der Waals surface area contributed by atoms with E-state index in [1.807, 2.05) is 0 Å². The summed E-state index contributed by atoms with van der Waals surface area (Å²) >= 11 is 0. The summed E-state index contributed by atoms with van der Waals surface area (Å²) in [5.41, 5.74) is 5.53. The first-order valence-corrected chi connectivity index (χ1v) is 13.3. The Hall–Kier alpha value is -3.68. The van der Waals surface area contributed by atoms with Crippen LogP contribution >= 0.6 is 0 Å². The summed E-state index contributed by atoms with van der Waals surface area (Å²) in [6.07, 6.45) is 0.957. The molecular formula is C31H24Si. The predicted octanol–water partition coefficient (Wildman–Crippen LogP) is 4.64. The van der Waals surface area contributed by atoms with Gasteiger partial charge in [0.15, 0.2) is 8.07 Å². The maximum atomic E-state index is 2.51. The second-order valence-electron chi connectivity index (χ2n) is 8.57. The summed E-state index contributed by atoms with van der Waals surface area (Å²) in [6.45, 7) is 0. The molecule has 1 aliphatic heterocycles. The summed E-state index contributed by atoms with van der Waals surface area (Å²) < 4.78 is 0. The lowest BCUT2D eigenvalue weighted by Crippen LogP contribution is -2.72. The van der Waals surface area contributed by atoms with Crippen molar-refractivity contribution in [3.63, 3.8) is 0 Å². The Bertz CT molecular complexity index is 1330. The van der Waals surface area contributed by atoms with E-state index in [0.29, 0.717) is 0 Å². The summed E-state index contributed by atoms with van der Waals surface area (Å²) in [4.78, 5) is 0. The lowest BCUT2D eigenvalue weighted by atomic mass is 10.0. The van der Waals surface area contributed by atoms with E-state index in [0.717, 1.165) is 6.42 Å². The van der Waals surface area contributed by atoms with Crippen LogP contribution in [-0.2, 0) is 6.42 Å². The van der Waals surface area contributed by atoms with Gasteiger partial charge in [0.2, 0.25) is 0 Å². The molecule has 152 valence electrons. The number of benzene rings is 5. The van der Waals surface area contributed by atoms with Crippen molar-refractivity contribution in [2.75, 3.05) is 0 Å². The summed E-state index contributed by atoms with van der Waals surface area (Å²) in [7, 11) is -2.37. The Labute approximate surface area is 190 Å². The first kappa shape index (κ1) is 19.0. The quantitative estimate of drug-likeness (QED) is 0.362. The molecule has 0 nitrogen and oxygen atoms in total. The molecule has 0 bridgehead atoms. The number of fused-ring (bicyclic) bond motifs is 3. The highest BCUT2D eigenvalue weighted by atomic mass is 28.3. The highest BCUT2D eigenvalue weighted by Gasteiger charge is 2.48. The second kappa shape index (κ2) is 7.78. The van der Waals surface area contributed by atoms with Crippen molar-refractivity contribution in [2.24, 2.45) is 0 Å². The lowest BCUT2D eigenvalue weighted by Gasteiger charge is -2.31. The first-order valence-electron chi connectivity index (χ1n) is 11.3. The molecule has 32 heavy (non-hydrogen) atoms. The zero-order valence-corrected chi connectivity index (χ0v) is 18.9. The molecule has 0 aliphatic carbocycles. The molecular weight excluding hydrogens is 400 g/mol. The lowest BCUT2D eigenvalue weighted by molar-refractivity contribution is 1.20. The minimum Gasteiger partial charge on any atom is -0.0623 e. The molecule has 1 heterocycles. The van der Waals surface area contributed by atoms with Crippen molar-refractivity contribution in [3.05, 3.63) is 145 Å². The molecule has 0 amide bonds. The molecule has 0 unspecified atom stereocenters. The van der Waals surface area contributed by atoms with E-state index in [4.69, 9.17) is 0 Å². The van der Waals surface area contributed by atoms with Gasteiger partial charge in [-0.1, -0.05) is 133 Å². The molecule has 1 aliphatic rings. The normalized spacial score (nSPS) is 13.4. The van der Waals surface area contributed by atoms with Crippen LogP contribution in [0.2, 0.25) is 0 Å². The van der Waals surface area contributed by atoms with Crippen LogP contribution in [0.4, 0.5) is 0 Å². The van der Waals surface area contributed by atoms with Crippen molar-refractivity contribution in [3.8, 4) is 11.1 Å². The summed E-state index contributed by atoms with van der Waals surface area (Å²) in [6, 6.07) is 49.5. The second-order valence-corrected chi connectivity index (χ2v) is 12.3. The molecule has 6 rings (SSSR count). The average molecular weight is 425 g/mol. The fraction of sp³-hybridized carbons (Fsp3) is 0.0323. The van der Waals surface area contributed by atoms with Crippen LogP contribution in [0.3, 0.4) is 0 Å². The topological polar surface area (TPSA) is 0 Å². The largest absolute Gasteiger partial charge is 0.180 e.